The summed E-state index contributed by atoms with van der Waals surface area (Å²) in [6.45, 7) is 1.68. The fraction of sp³-hybridized carbons (Fsp3) is 0.417. The minimum absolute atomic E-state index is 0. The number of nitrogens with one attached hydrogen (secondary N) is 1. The summed E-state index contributed by atoms with van der Waals surface area (Å²) >= 11 is 0. The summed E-state index contributed by atoms with van der Waals surface area (Å²) in [6.07, 6.45) is 2.60. The Morgan fingerprint density at radius 1 is 1.31 bits per heavy atom. The zero-order chi connectivity index (χ0) is 10.9. The Hall–Kier alpha value is -1.24. The summed E-state index contributed by atoms with van der Waals surface area (Å²) in [5.41, 5.74) is 1.08. The molecule has 1 rings (SSSR count). The van der Waals surface area contributed by atoms with Crippen LogP contribution >= 0.6 is 12.4 Å². The van der Waals surface area contributed by atoms with E-state index in [0.29, 0.717) is 12.2 Å². The number of phenols is 1. The largest absolute Gasteiger partial charge is 0.508 e. The van der Waals surface area contributed by atoms with Gasteiger partial charge in [-0.1, -0.05) is 12.1 Å². The third-order valence-corrected chi connectivity index (χ3v) is 2.13. The fourth-order valence-corrected chi connectivity index (χ4v) is 1.35. The van der Waals surface area contributed by atoms with Gasteiger partial charge in [-0.15, -0.1) is 12.4 Å². The van der Waals surface area contributed by atoms with E-state index in [1.165, 1.54) is 0 Å². The number of hydrogen-bond donors (Lipinski definition) is 2. The van der Waals surface area contributed by atoms with Crippen LogP contribution in [0.5, 0.6) is 5.75 Å². The van der Waals surface area contributed by atoms with Crippen molar-refractivity contribution in [2.24, 2.45) is 0 Å². The lowest BCUT2D eigenvalue weighted by Crippen LogP contribution is -2.14. The zero-order valence-electron chi connectivity index (χ0n) is 9.15. The number of rotatable bonds is 6. The summed E-state index contributed by atoms with van der Waals surface area (Å²) in [5, 5.41) is 20.8. The van der Waals surface area contributed by atoms with Crippen LogP contribution in [0, 0.1) is 11.3 Å². The summed E-state index contributed by atoms with van der Waals surface area (Å²) in [6, 6.07) is 9.35. The lowest BCUT2D eigenvalue weighted by atomic mass is 10.2. The molecule has 0 fully saturated rings. The van der Waals surface area contributed by atoms with Crippen LogP contribution in [0.1, 0.15) is 24.8 Å². The van der Waals surface area contributed by atoms with E-state index in [2.05, 4.69) is 11.4 Å². The molecule has 0 aliphatic carbocycles. The number of benzene rings is 1. The van der Waals surface area contributed by atoms with Crippen LogP contribution < -0.4 is 5.32 Å². The predicted molar refractivity (Wildman–Crippen MR) is 66.5 cm³/mol. The zero-order valence-corrected chi connectivity index (χ0v) is 9.96. The standard InChI is InChI=1S/C12H16N2O.ClH/c13-7-2-1-3-8-14-10-11-5-4-6-12(15)9-11;/h4-6,9,14-15H,1-3,8,10H2;1H. The maximum absolute atomic E-state index is 9.22. The van der Waals surface area contributed by atoms with E-state index in [-0.39, 0.29) is 12.4 Å². The van der Waals surface area contributed by atoms with Crippen molar-refractivity contribution in [3.05, 3.63) is 29.8 Å². The molecule has 0 aliphatic heterocycles. The Balaban J connectivity index is 0.00000225. The van der Waals surface area contributed by atoms with E-state index in [0.717, 1.165) is 31.5 Å². The van der Waals surface area contributed by atoms with E-state index in [9.17, 15) is 5.11 Å². The second-order valence-corrected chi connectivity index (χ2v) is 3.46. The van der Waals surface area contributed by atoms with Crippen LogP contribution in [0.2, 0.25) is 0 Å². The van der Waals surface area contributed by atoms with Gasteiger partial charge in [0.25, 0.3) is 0 Å². The number of aromatic hydroxyl groups is 1. The monoisotopic (exact) mass is 240 g/mol. The third-order valence-electron chi connectivity index (χ3n) is 2.13. The van der Waals surface area contributed by atoms with Crippen LogP contribution in [0.25, 0.3) is 0 Å². The number of unbranched alkanes of at least 4 members (excludes halogenated alkanes) is 2. The van der Waals surface area contributed by atoms with Gasteiger partial charge in [0, 0.05) is 13.0 Å². The van der Waals surface area contributed by atoms with E-state index in [1.807, 2.05) is 12.1 Å². The lowest BCUT2D eigenvalue weighted by Gasteiger charge is -2.04. The highest BCUT2D eigenvalue weighted by Crippen LogP contribution is 2.10. The maximum atomic E-state index is 9.22. The van der Waals surface area contributed by atoms with Gasteiger partial charge in [0.1, 0.15) is 5.75 Å². The van der Waals surface area contributed by atoms with Gasteiger partial charge in [-0.3, -0.25) is 0 Å². The molecule has 4 heteroatoms. The number of halogens is 1. The van der Waals surface area contributed by atoms with E-state index >= 15 is 0 Å². The van der Waals surface area contributed by atoms with Crippen LogP contribution in [0.4, 0.5) is 0 Å². The normalized spacial score (nSPS) is 9.19. The minimum Gasteiger partial charge on any atom is -0.508 e. The van der Waals surface area contributed by atoms with Gasteiger partial charge in [-0.2, -0.15) is 5.26 Å². The van der Waals surface area contributed by atoms with Crippen molar-refractivity contribution in [1.82, 2.24) is 5.32 Å². The van der Waals surface area contributed by atoms with Crippen molar-refractivity contribution in [2.45, 2.75) is 25.8 Å². The average Bonchev–Trinajstić information content (AvgIpc) is 2.23. The predicted octanol–water partition coefficient (Wildman–Crippen LogP) is 2.60. The molecule has 1 aromatic rings. The van der Waals surface area contributed by atoms with Crippen molar-refractivity contribution >= 4 is 12.4 Å². The van der Waals surface area contributed by atoms with Gasteiger partial charge in [-0.25, -0.2) is 0 Å². The quantitative estimate of drug-likeness (QED) is 0.752. The summed E-state index contributed by atoms with van der Waals surface area (Å²) in [4.78, 5) is 0. The highest BCUT2D eigenvalue weighted by molar-refractivity contribution is 5.85. The Bertz CT molecular complexity index is 336. The number of hydrogen-bond acceptors (Lipinski definition) is 3. The number of nitrogens with zero attached hydrogens (tertiary/aromatic N) is 1. The summed E-state index contributed by atoms with van der Waals surface area (Å²) < 4.78 is 0. The van der Waals surface area contributed by atoms with E-state index < -0.39 is 0 Å². The SMILES string of the molecule is Cl.N#CCCCCNCc1cccc(O)c1. The molecule has 16 heavy (non-hydrogen) atoms. The van der Waals surface area contributed by atoms with Crippen molar-refractivity contribution in [3.8, 4) is 11.8 Å². The molecule has 1 aromatic carbocycles. The van der Waals surface area contributed by atoms with Gasteiger partial charge >= 0.3 is 0 Å². The molecule has 0 bridgehead atoms. The molecular weight excluding hydrogens is 224 g/mol. The van der Waals surface area contributed by atoms with Crippen molar-refractivity contribution in [3.63, 3.8) is 0 Å². The first-order valence-electron chi connectivity index (χ1n) is 5.18. The molecule has 0 aliphatic rings. The Labute approximate surface area is 103 Å². The first kappa shape index (κ1) is 14.8. The maximum Gasteiger partial charge on any atom is 0.115 e. The molecule has 0 atom stereocenters. The van der Waals surface area contributed by atoms with Crippen LogP contribution in [-0.2, 0) is 6.54 Å². The Morgan fingerprint density at radius 3 is 2.81 bits per heavy atom. The fourth-order valence-electron chi connectivity index (χ4n) is 1.35. The molecule has 0 spiro atoms. The molecule has 0 heterocycles. The molecule has 88 valence electrons. The topological polar surface area (TPSA) is 56.0 Å². The molecule has 3 nitrogen and oxygen atoms in total. The molecule has 0 unspecified atom stereocenters. The van der Waals surface area contributed by atoms with Gasteiger partial charge in [-0.05, 0) is 37.1 Å². The molecule has 0 aromatic heterocycles. The van der Waals surface area contributed by atoms with E-state index in [1.54, 1.807) is 12.1 Å². The van der Waals surface area contributed by atoms with Gasteiger partial charge in [0.05, 0.1) is 6.07 Å². The van der Waals surface area contributed by atoms with Crippen molar-refractivity contribution < 1.29 is 5.11 Å². The molecule has 0 saturated heterocycles. The lowest BCUT2D eigenvalue weighted by molar-refractivity contribution is 0.474. The highest BCUT2D eigenvalue weighted by atomic mass is 35.5. The highest BCUT2D eigenvalue weighted by Gasteiger charge is 1.93. The minimum atomic E-state index is 0. The summed E-state index contributed by atoms with van der Waals surface area (Å²) in [7, 11) is 0. The molecule has 0 amide bonds. The van der Waals surface area contributed by atoms with E-state index in [4.69, 9.17) is 5.26 Å². The first-order valence-corrected chi connectivity index (χ1v) is 5.18. The van der Waals surface area contributed by atoms with Gasteiger partial charge in [0.2, 0.25) is 0 Å². The summed E-state index contributed by atoms with van der Waals surface area (Å²) in [5.74, 6) is 0.304. The number of nitriles is 1. The molecule has 0 radical (unpaired) electrons. The average molecular weight is 241 g/mol. The third kappa shape index (κ3) is 6.28. The van der Waals surface area contributed by atoms with Gasteiger partial charge < -0.3 is 10.4 Å². The van der Waals surface area contributed by atoms with Crippen molar-refractivity contribution in [2.75, 3.05) is 6.54 Å². The van der Waals surface area contributed by atoms with Crippen LogP contribution in [-0.4, -0.2) is 11.7 Å². The number of phenolic OH excluding ortho intramolecular Hbond substituents is 1. The molecule has 2 N–H and O–H groups in total. The van der Waals surface area contributed by atoms with Crippen molar-refractivity contribution in [1.29, 1.82) is 5.26 Å². The second kappa shape index (κ2) is 9.02. The van der Waals surface area contributed by atoms with Crippen LogP contribution in [0.15, 0.2) is 24.3 Å². The Morgan fingerprint density at radius 2 is 2.12 bits per heavy atom. The Kier molecular flexibility index (Phi) is 8.32. The smallest absolute Gasteiger partial charge is 0.115 e. The molecular formula is C12H17ClN2O. The van der Waals surface area contributed by atoms with Crippen LogP contribution in [0.3, 0.4) is 0 Å². The van der Waals surface area contributed by atoms with Gasteiger partial charge in [0.15, 0.2) is 0 Å². The molecule has 0 saturated carbocycles. The second-order valence-electron chi connectivity index (χ2n) is 3.46. The first-order chi connectivity index (χ1) is 7.33.